The van der Waals surface area contributed by atoms with Crippen molar-refractivity contribution in [3.05, 3.63) is 39.7 Å². The number of hydrogen-bond donors (Lipinski definition) is 0. The van der Waals surface area contributed by atoms with Crippen molar-refractivity contribution in [3.8, 4) is 5.95 Å². The predicted octanol–water partition coefficient (Wildman–Crippen LogP) is 2.85. The van der Waals surface area contributed by atoms with Crippen molar-refractivity contribution in [2.75, 3.05) is 6.61 Å². The van der Waals surface area contributed by atoms with Gasteiger partial charge in [0.1, 0.15) is 5.02 Å². The molecule has 0 fully saturated rings. The molecule has 0 atom stereocenters. The molecule has 0 saturated heterocycles. The highest BCUT2D eigenvalue weighted by molar-refractivity contribution is 6.36. The summed E-state index contributed by atoms with van der Waals surface area (Å²) in [4.78, 5) is 11.5. The topological polar surface area (TPSA) is 39.4 Å². The fourth-order valence-electron chi connectivity index (χ4n) is 1.37. The lowest BCUT2D eigenvalue weighted by Crippen LogP contribution is -2.03. The minimum Gasteiger partial charge on any atom is -0.464 e. The van der Waals surface area contributed by atoms with Crippen LogP contribution in [0.15, 0.2) is 33.5 Å². The van der Waals surface area contributed by atoms with Gasteiger partial charge in [0.15, 0.2) is 0 Å². The van der Waals surface area contributed by atoms with Gasteiger partial charge < -0.3 is 9.15 Å². The highest BCUT2D eigenvalue weighted by atomic mass is 35.5. The Morgan fingerprint density at radius 2 is 2.00 bits per heavy atom. The van der Waals surface area contributed by atoms with Crippen LogP contribution < -0.4 is 10.4 Å². The summed E-state index contributed by atoms with van der Waals surface area (Å²) in [5, 5.41) is 1.46. The number of benzene rings is 1. The van der Waals surface area contributed by atoms with E-state index < -0.39 is 5.63 Å². The van der Waals surface area contributed by atoms with Gasteiger partial charge in [-0.2, -0.15) is 0 Å². The van der Waals surface area contributed by atoms with Crippen molar-refractivity contribution < 1.29 is 9.15 Å². The molecule has 0 N–H and O–H groups in total. The zero-order valence-corrected chi connectivity index (χ0v) is 8.88. The summed E-state index contributed by atoms with van der Waals surface area (Å²) in [6, 6.07) is 7.00. The lowest BCUT2D eigenvalue weighted by atomic mass is 10.2. The molecule has 0 unspecified atom stereocenters. The lowest BCUT2D eigenvalue weighted by Gasteiger charge is -2.05. The molecule has 0 saturated carbocycles. The first-order valence-electron chi connectivity index (χ1n) is 4.58. The molecule has 1 aromatic carbocycles. The van der Waals surface area contributed by atoms with Crippen LogP contribution in [-0.4, -0.2) is 6.61 Å². The zero-order valence-electron chi connectivity index (χ0n) is 8.12. The van der Waals surface area contributed by atoms with E-state index in [9.17, 15) is 4.79 Å². The van der Waals surface area contributed by atoms with Gasteiger partial charge in [-0.1, -0.05) is 29.8 Å². The van der Waals surface area contributed by atoms with Crippen LogP contribution in [0, 0.1) is 0 Å². The minimum absolute atomic E-state index is 0.0860. The normalized spacial score (nSPS) is 10.5. The molecule has 0 radical (unpaired) electrons. The van der Waals surface area contributed by atoms with E-state index in [1.807, 2.05) is 6.07 Å². The van der Waals surface area contributed by atoms with E-state index >= 15 is 0 Å². The summed E-state index contributed by atoms with van der Waals surface area (Å²) < 4.78 is 10.1. The van der Waals surface area contributed by atoms with Crippen LogP contribution in [0.4, 0.5) is 0 Å². The number of halogens is 1. The molecule has 2 aromatic rings. The molecular formula is C11H9ClO3. The smallest absolute Gasteiger partial charge is 0.346 e. The summed E-state index contributed by atoms with van der Waals surface area (Å²) in [6.45, 7) is 2.20. The molecule has 0 bridgehead atoms. The SMILES string of the molecule is CCOc1oc(=O)c2ccccc2c1Cl. The van der Waals surface area contributed by atoms with Crippen LogP contribution in [0.25, 0.3) is 10.8 Å². The summed E-state index contributed by atoms with van der Waals surface area (Å²) in [6.07, 6.45) is 0. The van der Waals surface area contributed by atoms with Crippen molar-refractivity contribution in [1.82, 2.24) is 0 Å². The van der Waals surface area contributed by atoms with Gasteiger partial charge >= 0.3 is 11.6 Å². The van der Waals surface area contributed by atoms with Crippen LogP contribution in [0.3, 0.4) is 0 Å². The molecule has 78 valence electrons. The van der Waals surface area contributed by atoms with Gasteiger partial charge in [-0.25, -0.2) is 4.79 Å². The fourth-order valence-corrected chi connectivity index (χ4v) is 1.63. The minimum atomic E-state index is -0.432. The van der Waals surface area contributed by atoms with E-state index in [-0.39, 0.29) is 5.95 Å². The van der Waals surface area contributed by atoms with E-state index in [4.69, 9.17) is 20.8 Å². The fraction of sp³-hybridized carbons (Fsp3) is 0.182. The van der Waals surface area contributed by atoms with Crippen molar-refractivity contribution in [3.63, 3.8) is 0 Å². The zero-order chi connectivity index (χ0) is 10.8. The average molecular weight is 225 g/mol. The second-order valence-corrected chi connectivity index (χ2v) is 3.35. The number of hydrogen-bond acceptors (Lipinski definition) is 3. The van der Waals surface area contributed by atoms with E-state index in [1.165, 1.54) is 0 Å². The number of ether oxygens (including phenoxy) is 1. The third-order valence-corrected chi connectivity index (χ3v) is 2.38. The number of fused-ring (bicyclic) bond motifs is 1. The Morgan fingerprint density at radius 3 is 2.67 bits per heavy atom. The Morgan fingerprint density at radius 1 is 1.33 bits per heavy atom. The van der Waals surface area contributed by atoms with E-state index in [1.54, 1.807) is 25.1 Å². The molecule has 0 aliphatic rings. The van der Waals surface area contributed by atoms with Gasteiger partial charge in [-0.3, -0.25) is 0 Å². The van der Waals surface area contributed by atoms with Crippen molar-refractivity contribution >= 4 is 22.4 Å². The van der Waals surface area contributed by atoms with Crippen LogP contribution in [0.1, 0.15) is 6.92 Å². The van der Waals surface area contributed by atoms with Crippen molar-refractivity contribution in [1.29, 1.82) is 0 Å². The average Bonchev–Trinajstić information content (AvgIpc) is 2.26. The maximum Gasteiger partial charge on any atom is 0.346 e. The third-order valence-electron chi connectivity index (χ3n) is 2.02. The monoisotopic (exact) mass is 224 g/mol. The molecule has 2 rings (SSSR count). The molecule has 3 nitrogen and oxygen atoms in total. The van der Waals surface area contributed by atoms with E-state index in [0.717, 1.165) is 0 Å². The summed E-state index contributed by atoms with van der Waals surface area (Å²) in [7, 11) is 0. The van der Waals surface area contributed by atoms with Crippen molar-refractivity contribution in [2.24, 2.45) is 0 Å². The third kappa shape index (κ3) is 1.70. The van der Waals surface area contributed by atoms with E-state index in [2.05, 4.69) is 0 Å². The first-order chi connectivity index (χ1) is 7.24. The van der Waals surface area contributed by atoms with Crippen LogP contribution in [-0.2, 0) is 0 Å². The van der Waals surface area contributed by atoms with Gasteiger partial charge in [0, 0.05) is 5.39 Å². The molecule has 0 aliphatic heterocycles. The summed E-state index contributed by atoms with van der Waals surface area (Å²) in [5.74, 6) is 0.0860. The first kappa shape index (κ1) is 10.1. The standard InChI is InChI=1S/C11H9ClO3/c1-2-14-11-9(12)7-5-3-4-6-8(7)10(13)15-11/h3-6H,2H2,1H3. The van der Waals surface area contributed by atoms with Gasteiger partial charge in [0.2, 0.25) is 0 Å². The lowest BCUT2D eigenvalue weighted by molar-refractivity contribution is 0.246. The summed E-state index contributed by atoms with van der Waals surface area (Å²) >= 11 is 6.03. The van der Waals surface area contributed by atoms with E-state index in [0.29, 0.717) is 22.4 Å². The Kier molecular flexibility index (Phi) is 2.64. The molecule has 15 heavy (non-hydrogen) atoms. The second kappa shape index (κ2) is 3.95. The van der Waals surface area contributed by atoms with Gasteiger partial charge in [-0.05, 0) is 13.0 Å². The maximum atomic E-state index is 11.5. The Bertz CT molecular complexity index is 545. The quantitative estimate of drug-likeness (QED) is 0.788. The van der Waals surface area contributed by atoms with Gasteiger partial charge in [0.25, 0.3) is 0 Å². The molecule has 4 heteroatoms. The molecule has 1 heterocycles. The number of rotatable bonds is 2. The largest absolute Gasteiger partial charge is 0.464 e. The molecule has 0 amide bonds. The van der Waals surface area contributed by atoms with Crippen LogP contribution in [0.2, 0.25) is 5.02 Å². The van der Waals surface area contributed by atoms with Gasteiger partial charge in [0.05, 0.1) is 12.0 Å². The van der Waals surface area contributed by atoms with Crippen molar-refractivity contribution in [2.45, 2.75) is 6.92 Å². The highest BCUT2D eigenvalue weighted by Gasteiger charge is 2.11. The van der Waals surface area contributed by atoms with Crippen LogP contribution >= 0.6 is 11.6 Å². The second-order valence-electron chi connectivity index (χ2n) is 2.97. The summed E-state index contributed by atoms with van der Waals surface area (Å²) in [5.41, 5.74) is -0.432. The molecule has 0 aliphatic carbocycles. The Balaban J connectivity index is 2.79. The molecular weight excluding hydrogens is 216 g/mol. The maximum absolute atomic E-state index is 11.5. The first-order valence-corrected chi connectivity index (χ1v) is 4.96. The predicted molar refractivity (Wildman–Crippen MR) is 58.7 cm³/mol. The Hall–Kier alpha value is -1.48. The highest BCUT2D eigenvalue weighted by Crippen LogP contribution is 2.30. The Labute approximate surface area is 91.2 Å². The molecule has 1 aromatic heterocycles. The molecule has 0 spiro atoms. The van der Waals surface area contributed by atoms with Crippen LogP contribution in [0.5, 0.6) is 5.95 Å². The van der Waals surface area contributed by atoms with Gasteiger partial charge in [-0.15, -0.1) is 0 Å².